The van der Waals surface area contributed by atoms with Crippen molar-refractivity contribution < 1.29 is 23.4 Å². The molecule has 1 amide bonds. The van der Waals surface area contributed by atoms with E-state index >= 15 is 0 Å². The summed E-state index contributed by atoms with van der Waals surface area (Å²) in [6.07, 6.45) is 3.44. The van der Waals surface area contributed by atoms with E-state index in [9.17, 15) is 18.7 Å². The van der Waals surface area contributed by atoms with Crippen molar-refractivity contribution in [3.05, 3.63) is 23.9 Å². The minimum Gasteiger partial charge on any atom is -0.472 e. The average Bonchev–Trinajstić information content (AvgIpc) is 2.59. The second-order valence-electron chi connectivity index (χ2n) is 6.28. The molecule has 0 unspecified atom stereocenters. The molecule has 2 rings (SSSR count). The van der Waals surface area contributed by atoms with Crippen LogP contribution in [0.5, 0.6) is 5.88 Å². The Hall–Kier alpha value is -1.76. The predicted octanol–water partition coefficient (Wildman–Crippen LogP) is 2.79. The molecule has 5 nitrogen and oxygen atoms in total. The van der Waals surface area contributed by atoms with Crippen molar-refractivity contribution in [3.63, 3.8) is 0 Å². The summed E-state index contributed by atoms with van der Waals surface area (Å²) < 4.78 is 29.2. The van der Waals surface area contributed by atoms with Crippen LogP contribution >= 0.6 is 0 Å². The molecule has 24 heavy (non-hydrogen) atoms. The van der Waals surface area contributed by atoms with E-state index in [0.29, 0.717) is 13.0 Å². The SMILES string of the molecule is O=C(NCC1(CCO)CCCCC1)c1cccc(OCC(F)F)n1. The Morgan fingerprint density at radius 3 is 2.75 bits per heavy atom. The zero-order valence-electron chi connectivity index (χ0n) is 13.6. The fourth-order valence-corrected chi connectivity index (χ4v) is 3.18. The lowest BCUT2D eigenvalue weighted by Crippen LogP contribution is -2.39. The van der Waals surface area contributed by atoms with E-state index in [1.807, 2.05) is 0 Å². The van der Waals surface area contributed by atoms with Crippen LogP contribution in [0.2, 0.25) is 0 Å². The largest absolute Gasteiger partial charge is 0.472 e. The Bertz CT molecular complexity index is 529. The van der Waals surface area contributed by atoms with Gasteiger partial charge in [-0.15, -0.1) is 0 Å². The van der Waals surface area contributed by atoms with E-state index in [1.54, 1.807) is 6.07 Å². The lowest BCUT2D eigenvalue weighted by atomic mass is 9.72. The highest BCUT2D eigenvalue weighted by Crippen LogP contribution is 2.38. The predicted molar refractivity (Wildman–Crippen MR) is 85.3 cm³/mol. The highest BCUT2D eigenvalue weighted by atomic mass is 19.3. The van der Waals surface area contributed by atoms with Gasteiger partial charge in [0, 0.05) is 19.2 Å². The second kappa shape index (κ2) is 8.92. The summed E-state index contributed by atoms with van der Waals surface area (Å²) in [5.41, 5.74) is 0.0728. The molecule has 0 atom stereocenters. The van der Waals surface area contributed by atoms with Crippen LogP contribution in [0.3, 0.4) is 0 Å². The zero-order valence-corrected chi connectivity index (χ0v) is 13.6. The van der Waals surface area contributed by atoms with Crippen LogP contribution in [0.4, 0.5) is 8.78 Å². The quantitative estimate of drug-likeness (QED) is 0.762. The van der Waals surface area contributed by atoms with Crippen molar-refractivity contribution >= 4 is 5.91 Å². The standard InChI is InChI=1S/C17H24F2N2O3/c18-14(19)11-24-15-6-4-5-13(21-15)16(23)20-12-17(9-10-22)7-2-1-3-8-17/h4-6,14,22H,1-3,7-12H2,(H,20,23). The maximum Gasteiger partial charge on any atom is 0.272 e. The molecule has 0 radical (unpaired) electrons. The molecule has 7 heteroatoms. The first kappa shape index (κ1) is 18.6. The molecule has 1 saturated carbocycles. The number of rotatable bonds is 8. The molecule has 1 aliphatic carbocycles. The summed E-state index contributed by atoms with van der Waals surface area (Å²) in [4.78, 5) is 16.2. The molecule has 1 aromatic rings. The van der Waals surface area contributed by atoms with Crippen LogP contribution in [-0.4, -0.2) is 42.2 Å². The molecule has 0 saturated heterocycles. The van der Waals surface area contributed by atoms with Gasteiger partial charge >= 0.3 is 0 Å². The maximum atomic E-state index is 12.3. The summed E-state index contributed by atoms with van der Waals surface area (Å²) in [7, 11) is 0. The zero-order chi connectivity index (χ0) is 17.4. The number of alkyl halides is 2. The van der Waals surface area contributed by atoms with Gasteiger partial charge in [-0.05, 0) is 30.7 Å². The number of carbonyl (C=O) groups excluding carboxylic acids is 1. The molecule has 134 valence electrons. The first-order valence-electron chi connectivity index (χ1n) is 8.32. The molecule has 0 aromatic carbocycles. The van der Waals surface area contributed by atoms with Gasteiger partial charge < -0.3 is 15.2 Å². The van der Waals surface area contributed by atoms with Crippen LogP contribution in [0, 0.1) is 5.41 Å². The number of halogens is 2. The van der Waals surface area contributed by atoms with Gasteiger partial charge in [-0.2, -0.15) is 0 Å². The average molecular weight is 342 g/mol. The van der Waals surface area contributed by atoms with E-state index in [4.69, 9.17) is 4.74 Å². The molecule has 2 N–H and O–H groups in total. The third-order valence-electron chi connectivity index (χ3n) is 4.49. The number of aliphatic hydroxyl groups excluding tert-OH is 1. The molecule has 1 aromatic heterocycles. The molecule has 0 spiro atoms. The molecular formula is C17H24F2N2O3. The minimum atomic E-state index is -2.59. The summed E-state index contributed by atoms with van der Waals surface area (Å²) in [6, 6.07) is 4.50. The van der Waals surface area contributed by atoms with Crippen molar-refractivity contribution in [1.29, 1.82) is 0 Å². The van der Waals surface area contributed by atoms with Gasteiger partial charge in [0.1, 0.15) is 5.69 Å². The number of nitrogens with zero attached hydrogens (tertiary/aromatic N) is 1. The number of aromatic nitrogens is 1. The van der Waals surface area contributed by atoms with E-state index in [-0.39, 0.29) is 29.5 Å². The number of ether oxygens (including phenoxy) is 1. The molecule has 0 aliphatic heterocycles. The number of amides is 1. The van der Waals surface area contributed by atoms with Gasteiger partial charge in [-0.3, -0.25) is 4.79 Å². The Morgan fingerprint density at radius 2 is 2.08 bits per heavy atom. The van der Waals surface area contributed by atoms with Crippen LogP contribution in [0.25, 0.3) is 0 Å². The van der Waals surface area contributed by atoms with Crippen LogP contribution in [0.1, 0.15) is 49.0 Å². The summed E-state index contributed by atoms with van der Waals surface area (Å²) >= 11 is 0. The Kier molecular flexibility index (Phi) is 6.90. The number of hydrogen-bond acceptors (Lipinski definition) is 4. The van der Waals surface area contributed by atoms with Crippen molar-refractivity contribution in [2.75, 3.05) is 19.8 Å². The normalized spacial score (nSPS) is 16.8. The van der Waals surface area contributed by atoms with Crippen LogP contribution in [0.15, 0.2) is 18.2 Å². The number of aliphatic hydroxyl groups is 1. The Balaban J connectivity index is 1.94. The lowest BCUT2D eigenvalue weighted by Gasteiger charge is -2.37. The Labute approximate surface area is 140 Å². The third-order valence-corrected chi connectivity index (χ3v) is 4.49. The van der Waals surface area contributed by atoms with E-state index in [0.717, 1.165) is 25.7 Å². The Morgan fingerprint density at radius 1 is 1.33 bits per heavy atom. The highest BCUT2D eigenvalue weighted by molar-refractivity contribution is 5.92. The van der Waals surface area contributed by atoms with Crippen LogP contribution < -0.4 is 10.1 Å². The summed E-state index contributed by atoms with van der Waals surface area (Å²) in [5, 5.41) is 12.2. The van der Waals surface area contributed by atoms with Crippen molar-refractivity contribution in [2.45, 2.75) is 45.0 Å². The lowest BCUT2D eigenvalue weighted by molar-refractivity contribution is 0.0789. The van der Waals surface area contributed by atoms with Gasteiger partial charge in [0.15, 0.2) is 6.61 Å². The van der Waals surface area contributed by atoms with Crippen LogP contribution in [-0.2, 0) is 0 Å². The van der Waals surface area contributed by atoms with E-state index < -0.39 is 13.0 Å². The number of carbonyl (C=O) groups is 1. The topological polar surface area (TPSA) is 71.5 Å². The molecule has 1 aliphatic rings. The fourth-order valence-electron chi connectivity index (χ4n) is 3.18. The highest BCUT2D eigenvalue weighted by Gasteiger charge is 2.32. The van der Waals surface area contributed by atoms with Crippen molar-refractivity contribution in [3.8, 4) is 5.88 Å². The first-order chi connectivity index (χ1) is 11.5. The van der Waals surface area contributed by atoms with Gasteiger partial charge in [0.05, 0.1) is 0 Å². The van der Waals surface area contributed by atoms with E-state index in [2.05, 4.69) is 10.3 Å². The van der Waals surface area contributed by atoms with E-state index in [1.165, 1.54) is 18.6 Å². The molecule has 1 heterocycles. The molecule has 1 fully saturated rings. The minimum absolute atomic E-state index is 0.00527. The first-order valence-corrected chi connectivity index (χ1v) is 8.32. The molecular weight excluding hydrogens is 318 g/mol. The summed E-state index contributed by atoms with van der Waals surface area (Å²) in [5.74, 6) is -0.355. The maximum absolute atomic E-state index is 12.3. The van der Waals surface area contributed by atoms with Gasteiger partial charge in [0.25, 0.3) is 12.3 Å². The second-order valence-corrected chi connectivity index (χ2v) is 6.28. The van der Waals surface area contributed by atoms with Gasteiger partial charge in [0.2, 0.25) is 5.88 Å². The number of pyridine rings is 1. The molecule has 0 bridgehead atoms. The van der Waals surface area contributed by atoms with Gasteiger partial charge in [-0.25, -0.2) is 13.8 Å². The van der Waals surface area contributed by atoms with Gasteiger partial charge in [-0.1, -0.05) is 25.3 Å². The number of nitrogens with one attached hydrogen (secondary N) is 1. The fraction of sp³-hybridized carbons (Fsp3) is 0.647. The monoisotopic (exact) mass is 342 g/mol. The third kappa shape index (κ3) is 5.40. The van der Waals surface area contributed by atoms with Crippen molar-refractivity contribution in [1.82, 2.24) is 10.3 Å². The smallest absolute Gasteiger partial charge is 0.272 e. The number of hydrogen-bond donors (Lipinski definition) is 2. The summed E-state index contributed by atoms with van der Waals surface area (Å²) in [6.45, 7) is -0.168. The van der Waals surface area contributed by atoms with Crippen molar-refractivity contribution in [2.24, 2.45) is 5.41 Å².